The molecule has 0 radical (unpaired) electrons. The number of aliphatic hydroxyl groups excluding tert-OH is 1. The van der Waals surface area contributed by atoms with Crippen molar-refractivity contribution in [1.29, 1.82) is 0 Å². The van der Waals surface area contributed by atoms with E-state index in [1.165, 1.54) is 0 Å². The number of alkyl halides is 1. The largest absolute Gasteiger partial charge is 0.380 e. The van der Waals surface area contributed by atoms with E-state index in [9.17, 15) is 5.11 Å². The fourth-order valence-electron chi connectivity index (χ4n) is 1.87. The third-order valence-corrected chi connectivity index (χ3v) is 3.73. The predicted octanol–water partition coefficient (Wildman–Crippen LogP) is 4.79. The highest BCUT2D eigenvalue weighted by atomic mass is 35.5. The molecule has 3 nitrogen and oxygen atoms in total. The number of unbranched alkanes of at least 4 members (excludes halogenated alkanes) is 1. The molecular weight excluding hydrogens is 296 g/mol. The highest BCUT2D eigenvalue weighted by molar-refractivity contribution is 6.20. The first kappa shape index (κ1) is 18.7. The van der Waals surface area contributed by atoms with Crippen LogP contribution in [0.2, 0.25) is 0 Å². The summed E-state index contributed by atoms with van der Waals surface area (Å²) >= 11 is 5.46. The standard InChI is InChI=1S/C14H18N2O.C4H9Cl/c1-2-3-10-16-11-9-15-14(16)13(17)12-7-5-4-6-8-12;1-3-4(2)5/h4-9,11,13,17H,2-3,10H2,1H3;4H,3H2,1-2H3. The van der Waals surface area contributed by atoms with E-state index in [2.05, 4.69) is 18.8 Å². The van der Waals surface area contributed by atoms with Crippen molar-refractivity contribution in [1.82, 2.24) is 9.55 Å². The van der Waals surface area contributed by atoms with Gasteiger partial charge in [0.2, 0.25) is 0 Å². The van der Waals surface area contributed by atoms with Gasteiger partial charge in [-0.25, -0.2) is 4.98 Å². The minimum atomic E-state index is -0.636. The van der Waals surface area contributed by atoms with Gasteiger partial charge >= 0.3 is 0 Å². The molecule has 1 N–H and O–H groups in total. The molecule has 0 saturated carbocycles. The van der Waals surface area contributed by atoms with Crippen molar-refractivity contribution in [2.75, 3.05) is 0 Å². The van der Waals surface area contributed by atoms with Crippen LogP contribution in [0, 0.1) is 0 Å². The van der Waals surface area contributed by atoms with Gasteiger partial charge in [0.15, 0.2) is 0 Å². The Morgan fingerprint density at radius 3 is 2.41 bits per heavy atom. The summed E-state index contributed by atoms with van der Waals surface area (Å²) in [6.07, 6.45) is 6.35. The number of aromatic nitrogens is 2. The Balaban J connectivity index is 0.000000422. The van der Waals surface area contributed by atoms with Crippen LogP contribution in [0.5, 0.6) is 0 Å². The van der Waals surface area contributed by atoms with Crippen LogP contribution in [0.3, 0.4) is 0 Å². The summed E-state index contributed by atoms with van der Waals surface area (Å²) in [5.74, 6) is 0.727. The average molecular weight is 323 g/mol. The van der Waals surface area contributed by atoms with Crippen molar-refractivity contribution in [3.05, 3.63) is 54.1 Å². The van der Waals surface area contributed by atoms with Gasteiger partial charge in [0, 0.05) is 24.3 Å². The summed E-state index contributed by atoms with van der Waals surface area (Å²) in [5, 5.41) is 10.6. The van der Waals surface area contributed by atoms with Crippen molar-refractivity contribution in [3.63, 3.8) is 0 Å². The summed E-state index contributed by atoms with van der Waals surface area (Å²) in [4.78, 5) is 4.26. The summed E-state index contributed by atoms with van der Waals surface area (Å²) in [6, 6.07) is 9.64. The second-order valence-electron chi connectivity index (χ2n) is 5.33. The molecule has 0 saturated heterocycles. The number of hydrogen-bond acceptors (Lipinski definition) is 2. The molecule has 0 aliphatic carbocycles. The molecule has 0 aliphatic heterocycles. The zero-order chi connectivity index (χ0) is 16.4. The smallest absolute Gasteiger partial charge is 0.142 e. The number of aryl methyl sites for hydroxylation is 1. The second-order valence-corrected chi connectivity index (χ2v) is 6.08. The number of aliphatic hydroxyl groups is 1. The predicted molar refractivity (Wildman–Crippen MR) is 93.2 cm³/mol. The lowest BCUT2D eigenvalue weighted by Crippen LogP contribution is -2.09. The minimum Gasteiger partial charge on any atom is -0.380 e. The van der Waals surface area contributed by atoms with Crippen molar-refractivity contribution in [2.45, 2.75) is 58.1 Å². The highest BCUT2D eigenvalue weighted by Crippen LogP contribution is 2.20. The van der Waals surface area contributed by atoms with Crippen LogP contribution in [-0.2, 0) is 6.54 Å². The van der Waals surface area contributed by atoms with E-state index in [0.29, 0.717) is 5.38 Å². The van der Waals surface area contributed by atoms with Gasteiger partial charge in [0.1, 0.15) is 11.9 Å². The SMILES string of the molecule is CCC(C)Cl.CCCCn1ccnc1C(O)c1ccccc1. The van der Waals surface area contributed by atoms with E-state index in [1.54, 1.807) is 6.20 Å². The van der Waals surface area contributed by atoms with E-state index in [-0.39, 0.29) is 0 Å². The van der Waals surface area contributed by atoms with Crippen LogP contribution in [0.15, 0.2) is 42.7 Å². The zero-order valence-electron chi connectivity index (χ0n) is 13.7. The molecule has 1 aromatic carbocycles. The Labute approximate surface area is 139 Å². The molecule has 0 aliphatic rings. The first-order valence-corrected chi connectivity index (χ1v) is 8.41. The molecule has 0 spiro atoms. The van der Waals surface area contributed by atoms with E-state index in [0.717, 1.165) is 37.2 Å². The maximum absolute atomic E-state index is 10.3. The number of halogens is 1. The Bertz CT molecular complexity index is 511. The molecule has 2 atom stereocenters. The molecule has 0 bridgehead atoms. The normalized spacial score (nSPS) is 13.1. The Morgan fingerprint density at radius 2 is 1.86 bits per heavy atom. The van der Waals surface area contributed by atoms with Crippen LogP contribution in [0.4, 0.5) is 0 Å². The molecule has 122 valence electrons. The van der Waals surface area contributed by atoms with Gasteiger partial charge in [-0.3, -0.25) is 0 Å². The number of hydrogen-bond donors (Lipinski definition) is 1. The van der Waals surface area contributed by atoms with E-state index in [1.807, 2.05) is 48.0 Å². The lowest BCUT2D eigenvalue weighted by atomic mass is 10.1. The highest BCUT2D eigenvalue weighted by Gasteiger charge is 2.15. The number of rotatable bonds is 6. The summed E-state index contributed by atoms with van der Waals surface area (Å²) in [7, 11) is 0. The maximum atomic E-state index is 10.3. The molecular formula is C18H27ClN2O. The molecule has 2 rings (SSSR count). The van der Waals surface area contributed by atoms with Gasteiger partial charge in [-0.05, 0) is 25.3 Å². The van der Waals surface area contributed by atoms with Gasteiger partial charge in [0.05, 0.1) is 0 Å². The number of nitrogens with zero attached hydrogens (tertiary/aromatic N) is 2. The quantitative estimate of drug-likeness (QED) is 0.776. The van der Waals surface area contributed by atoms with Crippen LogP contribution >= 0.6 is 11.6 Å². The van der Waals surface area contributed by atoms with Crippen LogP contribution in [0.1, 0.15) is 57.5 Å². The molecule has 0 amide bonds. The number of imidazole rings is 1. The van der Waals surface area contributed by atoms with Gasteiger partial charge in [0.25, 0.3) is 0 Å². The van der Waals surface area contributed by atoms with Gasteiger partial charge in [-0.2, -0.15) is 0 Å². The van der Waals surface area contributed by atoms with Gasteiger partial charge in [-0.15, -0.1) is 11.6 Å². The van der Waals surface area contributed by atoms with Crippen molar-refractivity contribution >= 4 is 11.6 Å². The molecule has 0 fully saturated rings. The van der Waals surface area contributed by atoms with E-state index in [4.69, 9.17) is 11.6 Å². The first-order chi connectivity index (χ1) is 10.6. The Hall–Kier alpha value is -1.32. The molecule has 22 heavy (non-hydrogen) atoms. The Morgan fingerprint density at radius 1 is 1.23 bits per heavy atom. The summed E-state index contributed by atoms with van der Waals surface area (Å²) < 4.78 is 2.03. The number of benzene rings is 1. The minimum absolute atomic E-state index is 0.356. The summed E-state index contributed by atoms with van der Waals surface area (Å²) in [6.45, 7) is 7.12. The van der Waals surface area contributed by atoms with E-state index < -0.39 is 6.10 Å². The van der Waals surface area contributed by atoms with Crippen molar-refractivity contribution in [2.24, 2.45) is 0 Å². The van der Waals surface area contributed by atoms with Crippen molar-refractivity contribution < 1.29 is 5.11 Å². The third-order valence-electron chi connectivity index (χ3n) is 3.42. The fraction of sp³-hybridized carbons (Fsp3) is 0.500. The van der Waals surface area contributed by atoms with Crippen LogP contribution < -0.4 is 0 Å². The monoisotopic (exact) mass is 322 g/mol. The molecule has 2 unspecified atom stereocenters. The maximum Gasteiger partial charge on any atom is 0.142 e. The molecule has 2 aromatic rings. The zero-order valence-corrected chi connectivity index (χ0v) is 14.5. The fourth-order valence-corrected chi connectivity index (χ4v) is 1.87. The Kier molecular flexibility index (Phi) is 8.86. The molecule has 1 aromatic heterocycles. The van der Waals surface area contributed by atoms with Crippen molar-refractivity contribution in [3.8, 4) is 0 Å². The second kappa shape index (κ2) is 10.4. The topological polar surface area (TPSA) is 38.0 Å². The lowest BCUT2D eigenvalue weighted by Gasteiger charge is -2.13. The average Bonchev–Trinajstić information content (AvgIpc) is 3.02. The molecule has 1 heterocycles. The third kappa shape index (κ3) is 6.20. The molecule has 4 heteroatoms. The summed E-state index contributed by atoms with van der Waals surface area (Å²) in [5.41, 5.74) is 0.886. The van der Waals surface area contributed by atoms with E-state index >= 15 is 0 Å². The lowest BCUT2D eigenvalue weighted by molar-refractivity contribution is 0.204. The van der Waals surface area contributed by atoms with Gasteiger partial charge < -0.3 is 9.67 Å². The van der Waals surface area contributed by atoms with Crippen LogP contribution in [0.25, 0.3) is 0 Å². The first-order valence-electron chi connectivity index (χ1n) is 7.98. The van der Waals surface area contributed by atoms with Crippen LogP contribution in [-0.4, -0.2) is 20.0 Å². The van der Waals surface area contributed by atoms with Gasteiger partial charge in [-0.1, -0.05) is 50.6 Å².